The van der Waals surface area contributed by atoms with E-state index >= 15 is 0 Å². The molecule has 0 amide bonds. The molecule has 2 aromatic rings. The van der Waals surface area contributed by atoms with E-state index in [0.717, 1.165) is 12.8 Å². The summed E-state index contributed by atoms with van der Waals surface area (Å²) in [6.45, 7) is 7.92. The van der Waals surface area contributed by atoms with Crippen LogP contribution in [0, 0.1) is 5.92 Å². The maximum atomic E-state index is 8.59. The molecule has 0 radical (unpaired) electrons. The smallest absolute Gasteiger partial charge is 0.187 e. The minimum Gasteiger partial charge on any atom is -0.439 e. The minimum atomic E-state index is -0.700. The van der Waals surface area contributed by atoms with Crippen molar-refractivity contribution in [3.8, 4) is 0 Å². The van der Waals surface area contributed by atoms with Gasteiger partial charge in [-0.15, -0.1) is 0 Å². The normalized spacial score (nSPS) is 26.6. The van der Waals surface area contributed by atoms with Crippen LogP contribution < -0.4 is 4.90 Å². The average Bonchev–Trinajstić information content (AvgIpc) is 3.54. The van der Waals surface area contributed by atoms with Crippen LogP contribution >= 0.6 is 12.0 Å². The van der Waals surface area contributed by atoms with Gasteiger partial charge in [0, 0.05) is 54.8 Å². The number of fused-ring (bicyclic) bond motifs is 3. The molecule has 1 aliphatic heterocycles. The van der Waals surface area contributed by atoms with E-state index in [1.54, 1.807) is 12.0 Å². The number of anilines is 2. The van der Waals surface area contributed by atoms with Crippen LogP contribution in [0.25, 0.3) is 5.57 Å². The van der Waals surface area contributed by atoms with Crippen molar-refractivity contribution in [1.29, 1.82) is 0 Å². The van der Waals surface area contributed by atoms with Crippen molar-refractivity contribution in [3.63, 3.8) is 0 Å². The van der Waals surface area contributed by atoms with Crippen molar-refractivity contribution < 1.29 is 9.29 Å². The van der Waals surface area contributed by atoms with Crippen LogP contribution in [-0.4, -0.2) is 21.1 Å². The molecule has 180 valence electrons. The first-order chi connectivity index (χ1) is 16.7. The number of rotatable bonds is 6. The van der Waals surface area contributed by atoms with Crippen LogP contribution in [0.1, 0.15) is 57.6 Å². The molecule has 3 atom stereocenters. The summed E-state index contributed by atoms with van der Waals surface area (Å²) in [5.74, 6) is 0.700. The van der Waals surface area contributed by atoms with E-state index in [4.69, 9.17) is 9.29 Å². The second kappa shape index (κ2) is 7.99. The third kappa shape index (κ3) is 3.57. The summed E-state index contributed by atoms with van der Waals surface area (Å²) >= 11 is 1.58. The SMILES string of the molecule is CC(C)([OH2+])C(C)(C)OSC12C=CC=C3C1C2c1cc(C2=CCCC=C2)ccc1N3c1ccccc1. The summed E-state index contributed by atoms with van der Waals surface area (Å²) in [6.07, 6.45) is 16.0. The number of hydrogen-bond acceptors (Lipinski definition) is 3. The highest BCUT2D eigenvalue weighted by atomic mass is 32.2. The molecule has 35 heavy (non-hydrogen) atoms. The summed E-state index contributed by atoms with van der Waals surface area (Å²) < 4.78 is 6.35. The maximum absolute atomic E-state index is 8.59. The fourth-order valence-corrected chi connectivity index (χ4v) is 6.82. The average molecular weight is 485 g/mol. The fourth-order valence-electron chi connectivity index (χ4n) is 5.46. The predicted molar refractivity (Wildman–Crippen MR) is 148 cm³/mol. The standard InChI is InChI=1S/C31H33NO2S/c1-29(2,33)30(3,4)34-35-31-19-11-16-26-28(31)27(31)24-20-22(21-12-7-5-8-13-21)17-18-25(24)32(26)23-14-9-6-10-15-23/h6-7,9-20,27-28,33H,5,8H2,1-4H3/p+1. The van der Waals surface area contributed by atoms with Crippen molar-refractivity contribution in [1.82, 2.24) is 0 Å². The number of nitrogens with zero attached hydrogens (tertiary/aromatic N) is 1. The topological polar surface area (TPSA) is 35.4 Å². The molecule has 0 aromatic heterocycles. The van der Waals surface area contributed by atoms with E-state index < -0.39 is 11.2 Å². The molecule has 1 saturated carbocycles. The summed E-state index contributed by atoms with van der Waals surface area (Å²) in [5, 5.41) is 8.59. The highest BCUT2D eigenvalue weighted by Crippen LogP contribution is 2.75. The highest BCUT2D eigenvalue weighted by Gasteiger charge is 2.71. The van der Waals surface area contributed by atoms with Crippen LogP contribution in [0.3, 0.4) is 0 Å². The second-order valence-corrected chi connectivity index (χ2v) is 12.2. The van der Waals surface area contributed by atoms with E-state index in [0.29, 0.717) is 11.8 Å². The lowest BCUT2D eigenvalue weighted by Crippen LogP contribution is -2.46. The van der Waals surface area contributed by atoms with E-state index in [1.807, 2.05) is 27.7 Å². The van der Waals surface area contributed by atoms with E-state index in [-0.39, 0.29) is 4.75 Å². The van der Waals surface area contributed by atoms with Crippen LogP contribution in [-0.2, 0) is 4.18 Å². The highest BCUT2D eigenvalue weighted by molar-refractivity contribution is 7.96. The van der Waals surface area contributed by atoms with Crippen molar-refractivity contribution >= 4 is 29.0 Å². The second-order valence-electron chi connectivity index (χ2n) is 11.1. The Bertz CT molecular complexity index is 1280. The van der Waals surface area contributed by atoms with E-state index in [9.17, 15) is 0 Å². The first-order valence-corrected chi connectivity index (χ1v) is 13.3. The summed E-state index contributed by atoms with van der Waals surface area (Å²) in [7, 11) is 0. The van der Waals surface area contributed by atoms with Gasteiger partial charge in [-0.25, -0.2) is 0 Å². The van der Waals surface area contributed by atoms with Gasteiger partial charge in [-0.1, -0.05) is 54.6 Å². The van der Waals surface area contributed by atoms with Gasteiger partial charge in [0.15, 0.2) is 11.2 Å². The zero-order valence-corrected chi connectivity index (χ0v) is 21.7. The number of allylic oxidation sites excluding steroid dienone is 7. The molecule has 3 aliphatic carbocycles. The molecule has 4 aliphatic rings. The Morgan fingerprint density at radius 1 is 1.03 bits per heavy atom. The van der Waals surface area contributed by atoms with Gasteiger partial charge < -0.3 is 10.0 Å². The zero-order valence-electron chi connectivity index (χ0n) is 20.9. The lowest BCUT2D eigenvalue weighted by atomic mass is 9.90. The minimum absolute atomic E-state index is 0.152. The molecule has 3 nitrogen and oxygen atoms in total. The van der Waals surface area contributed by atoms with E-state index in [2.05, 4.69) is 89.9 Å². The third-order valence-corrected chi connectivity index (χ3v) is 9.68. The largest absolute Gasteiger partial charge is 0.439 e. The molecule has 3 unspecified atom stereocenters. The number of para-hydroxylation sites is 1. The van der Waals surface area contributed by atoms with E-state index in [1.165, 1.54) is 33.8 Å². The molecule has 0 saturated heterocycles. The van der Waals surface area contributed by atoms with Gasteiger partial charge in [0.1, 0.15) is 0 Å². The fraction of sp³-hybridized carbons (Fsp3) is 0.355. The quantitative estimate of drug-likeness (QED) is 0.316. The van der Waals surface area contributed by atoms with Gasteiger partial charge in [0.05, 0.1) is 4.75 Å². The van der Waals surface area contributed by atoms with Crippen LogP contribution in [0.4, 0.5) is 11.4 Å². The number of hydrogen-bond donors (Lipinski definition) is 0. The van der Waals surface area contributed by atoms with Gasteiger partial charge in [0.25, 0.3) is 0 Å². The first-order valence-electron chi connectivity index (χ1n) is 12.6. The van der Waals surface area contributed by atoms with Crippen molar-refractivity contribution in [2.75, 3.05) is 4.90 Å². The van der Waals surface area contributed by atoms with Gasteiger partial charge in [-0.3, -0.25) is 4.18 Å². The molecule has 6 rings (SSSR count). The molecule has 0 spiro atoms. The summed E-state index contributed by atoms with van der Waals surface area (Å²) in [5.41, 5.74) is 6.52. The molecule has 1 fully saturated rings. The van der Waals surface area contributed by atoms with Crippen LogP contribution in [0.5, 0.6) is 0 Å². The first kappa shape index (κ1) is 22.9. The van der Waals surface area contributed by atoms with Gasteiger partial charge in [-0.2, -0.15) is 0 Å². The summed E-state index contributed by atoms with van der Waals surface area (Å²) in [4.78, 5) is 2.44. The van der Waals surface area contributed by atoms with Gasteiger partial charge >= 0.3 is 0 Å². The Hall–Kier alpha value is -2.53. The predicted octanol–water partition coefficient (Wildman–Crippen LogP) is 7.42. The van der Waals surface area contributed by atoms with Crippen molar-refractivity contribution in [3.05, 3.63) is 102 Å². The molecular formula is C31H34NO2S+. The third-order valence-electron chi connectivity index (χ3n) is 8.24. The molecule has 4 heteroatoms. The molecule has 2 aromatic carbocycles. The Morgan fingerprint density at radius 3 is 2.54 bits per heavy atom. The summed E-state index contributed by atoms with van der Waals surface area (Å²) in [6, 6.07) is 17.7. The number of benzene rings is 2. The lowest BCUT2D eigenvalue weighted by Gasteiger charge is -2.34. The molecular weight excluding hydrogens is 450 g/mol. The van der Waals surface area contributed by atoms with Crippen molar-refractivity contribution in [2.45, 2.75) is 62.4 Å². The Kier molecular flexibility index (Phi) is 5.23. The monoisotopic (exact) mass is 484 g/mol. The molecule has 2 N–H and O–H groups in total. The Morgan fingerprint density at radius 2 is 1.83 bits per heavy atom. The Labute approximate surface area is 213 Å². The van der Waals surface area contributed by atoms with Gasteiger partial charge in [0.2, 0.25) is 0 Å². The van der Waals surface area contributed by atoms with Crippen molar-refractivity contribution in [2.24, 2.45) is 5.92 Å². The van der Waals surface area contributed by atoms with Gasteiger partial charge in [-0.05, 0) is 73.7 Å². The van der Waals surface area contributed by atoms with Crippen LogP contribution in [0.15, 0.2) is 90.7 Å². The lowest BCUT2D eigenvalue weighted by molar-refractivity contribution is -0.0817. The van der Waals surface area contributed by atoms with Crippen LogP contribution in [0.2, 0.25) is 0 Å². The maximum Gasteiger partial charge on any atom is 0.187 e. The Balaban J connectivity index is 1.45. The molecule has 0 bridgehead atoms. The zero-order chi connectivity index (χ0) is 24.4. The molecule has 1 heterocycles.